The molecule has 0 aromatic carbocycles. The fraction of sp³-hybridized carbons (Fsp3) is 0.636. The fourth-order valence-corrected chi connectivity index (χ4v) is 3.13. The molecule has 0 aliphatic carbocycles. The molecule has 2 saturated heterocycles. The Balaban J connectivity index is 0.00000225. The van der Waals surface area contributed by atoms with Gasteiger partial charge in [-0.3, -0.25) is 4.55 Å². The van der Waals surface area contributed by atoms with Crippen LogP contribution in [-0.4, -0.2) is 93.8 Å². The molecule has 2 bridgehead atoms. The van der Waals surface area contributed by atoms with Crippen LogP contribution in [0.5, 0.6) is 0 Å². The Kier molecular flexibility index (Phi) is 6.06. The fourth-order valence-electron chi connectivity index (χ4n) is 2.74. The molecule has 3 heterocycles. The standard InChI is InChI=1S/C11H14N4O8S.Na/c1-2-21-10(16)8-12-9(22-13-8)7-4-3-6-5-14(7)11(17)15(6)23-24(18,19)20;/h6-7H,2-5H2,1H3,(H,18,19,20);/t6-,7+;/m1./s1. The van der Waals surface area contributed by atoms with Gasteiger partial charge in [0.2, 0.25) is 5.89 Å². The monoisotopic (exact) mass is 385 g/mol. The van der Waals surface area contributed by atoms with Crippen molar-refractivity contribution in [1.29, 1.82) is 0 Å². The summed E-state index contributed by atoms with van der Waals surface area (Å²) in [5, 5.41) is 4.13. The largest absolute Gasteiger partial charge is 0.460 e. The molecule has 2 fully saturated rings. The van der Waals surface area contributed by atoms with Crippen molar-refractivity contribution >= 4 is 52.0 Å². The number of hydroxylamine groups is 2. The molecule has 3 rings (SSSR count). The zero-order valence-electron chi connectivity index (χ0n) is 13.5. The number of nitrogens with zero attached hydrogens (tertiary/aromatic N) is 4. The maximum absolute atomic E-state index is 12.3. The van der Waals surface area contributed by atoms with Crippen molar-refractivity contribution in [3.63, 3.8) is 0 Å². The summed E-state index contributed by atoms with van der Waals surface area (Å²) in [6.45, 7) is 1.95. The molecule has 2 amide bonds. The summed E-state index contributed by atoms with van der Waals surface area (Å²) in [5.41, 5.74) is 0. The molecule has 2 aliphatic heterocycles. The topological polar surface area (TPSA) is 152 Å². The summed E-state index contributed by atoms with van der Waals surface area (Å²) in [6.07, 6.45) is 0.783. The Morgan fingerprint density at radius 2 is 2.16 bits per heavy atom. The van der Waals surface area contributed by atoms with Crippen molar-refractivity contribution in [2.24, 2.45) is 0 Å². The number of ether oxygens (including phenoxy) is 1. The number of rotatable bonds is 5. The molecule has 1 N–H and O–H groups in total. The number of aromatic nitrogens is 2. The van der Waals surface area contributed by atoms with Gasteiger partial charge in [-0.2, -0.15) is 18.5 Å². The minimum absolute atomic E-state index is 0. The second-order valence-corrected chi connectivity index (χ2v) is 6.19. The third-order valence-electron chi connectivity index (χ3n) is 3.68. The zero-order valence-corrected chi connectivity index (χ0v) is 16.3. The van der Waals surface area contributed by atoms with Gasteiger partial charge in [-0.1, -0.05) is 0 Å². The second-order valence-electron chi connectivity index (χ2n) is 5.19. The zero-order chi connectivity index (χ0) is 17.5. The van der Waals surface area contributed by atoms with Crippen LogP contribution in [0.2, 0.25) is 0 Å². The van der Waals surface area contributed by atoms with Crippen molar-refractivity contribution in [3.8, 4) is 0 Å². The first kappa shape index (κ1) is 20.1. The second kappa shape index (κ2) is 7.55. The van der Waals surface area contributed by atoms with E-state index in [2.05, 4.69) is 14.4 Å². The van der Waals surface area contributed by atoms with Crippen LogP contribution in [0, 0.1) is 0 Å². The molecule has 25 heavy (non-hydrogen) atoms. The van der Waals surface area contributed by atoms with Crippen LogP contribution >= 0.6 is 0 Å². The average Bonchev–Trinajstić information content (AvgIpc) is 3.08. The Labute approximate surface area is 164 Å². The summed E-state index contributed by atoms with van der Waals surface area (Å²) >= 11 is 0. The van der Waals surface area contributed by atoms with E-state index in [1.165, 1.54) is 4.90 Å². The predicted molar refractivity (Wildman–Crippen MR) is 78.3 cm³/mol. The number of fused-ring (bicyclic) bond motifs is 2. The number of piperidine rings is 1. The van der Waals surface area contributed by atoms with Crippen LogP contribution in [0.4, 0.5) is 4.79 Å². The number of hydrogen-bond donors (Lipinski definition) is 1. The summed E-state index contributed by atoms with van der Waals surface area (Å²) in [5.74, 6) is -0.963. The van der Waals surface area contributed by atoms with E-state index in [4.69, 9.17) is 13.8 Å². The molecular weight excluding hydrogens is 371 g/mol. The van der Waals surface area contributed by atoms with E-state index in [0.29, 0.717) is 17.9 Å². The Bertz CT molecular complexity index is 768. The number of hydrogen-bond acceptors (Lipinski definition) is 9. The van der Waals surface area contributed by atoms with Gasteiger partial charge in [0.15, 0.2) is 0 Å². The maximum atomic E-state index is 12.3. The van der Waals surface area contributed by atoms with E-state index in [-0.39, 0.29) is 54.4 Å². The molecule has 1 aromatic rings. The summed E-state index contributed by atoms with van der Waals surface area (Å²) in [7, 11) is -4.81. The van der Waals surface area contributed by atoms with Crippen molar-refractivity contribution in [1.82, 2.24) is 20.1 Å². The molecule has 14 heteroatoms. The summed E-state index contributed by atoms with van der Waals surface area (Å²) in [6, 6.07) is -1.90. The predicted octanol–water partition coefficient (Wildman–Crippen LogP) is -0.459. The Morgan fingerprint density at radius 3 is 2.80 bits per heavy atom. The smallest absolute Gasteiger partial charge is 0.418 e. The molecule has 1 aromatic heterocycles. The van der Waals surface area contributed by atoms with Gasteiger partial charge in [0.1, 0.15) is 6.04 Å². The summed E-state index contributed by atoms with van der Waals surface area (Å²) in [4.78, 5) is 29.0. The van der Waals surface area contributed by atoms with E-state index in [1.807, 2.05) is 0 Å². The quantitative estimate of drug-likeness (QED) is 0.400. The van der Waals surface area contributed by atoms with E-state index in [1.54, 1.807) is 6.92 Å². The minimum Gasteiger partial charge on any atom is -0.460 e. The Morgan fingerprint density at radius 1 is 1.44 bits per heavy atom. The molecule has 0 spiro atoms. The molecule has 0 unspecified atom stereocenters. The average molecular weight is 385 g/mol. The van der Waals surface area contributed by atoms with E-state index >= 15 is 0 Å². The SMILES string of the molecule is CCOC(=O)c1noc([C@@H]2CC[C@@H]3CN2C(=O)N3OS(=O)(=O)O)n1.[Na]. The van der Waals surface area contributed by atoms with Gasteiger partial charge >= 0.3 is 22.4 Å². The van der Waals surface area contributed by atoms with Gasteiger partial charge in [-0.15, -0.1) is 4.28 Å². The number of carbonyl (C=O) groups is 2. The first-order valence-corrected chi connectivity index (χ1v) is 8.44. The number of urea groups is 1. The van der Waals surface area contributed by atoms with Gasteiger partial charge in [-0.05, 0) is 24.9 Å². The molecule has 12 nitrogen and oxygen atoms in total. The van der Waals surface area contributed by atoms with Crippen molar-refractivity contribution < 1.29 is 36.1 Å². The number of carbonyl (C=O) groups excluding carboxylic acids is 2. The van der Waals surface area contributed by atoms with Crippen LogP contribution in [0.1, 0.15) is 42.3 Å². The van der Waals surface area contributed by atoms with Gasteiger partial charge in [-0.25, -0.2) is 9.59 Å². The molecule has 2 aliphatic rings. The van der Waals surface area contributed by atoms with Crippen molar-refractivity contribution in [3.05, 3.63) is 11.7 Å². The van der Waals surface area contributed by atoms with Crippen LogP contribution in [0.3, 0.4) is 0 Å². The van der Waals surface area contributed by atoms with Gasteiger partial charge in [0.25, 0.3) is 5.82 Å². The van der Waals surface area contributed by atoms with E-state index in [0.717, 1.165) is 0 Å². The first-order valence-electron chi connectivity index (χ1n) is 7.07. The van der Waals surface area contributed by atoms with Crippen LogP contribution in [0.25, 0.3) is 0 Å². The number of esters is 1. The minimum atomic E-state index is -4.81. The van der Waals surface area contributed by atoms with Crippen LogP contribution in [0.15, 0.2) is 4.52 Å². The molecule has 0 saturated carbocycles. The van der Waals surface area contributed by atoms with Crippen molar-refractivity contribution in [2.75, 3.05) is 13.2 Å². The molecule has 2 atom stereocenters. The molecule has 1 radical (unpaired) electrons. The normalized spacial score (nSPS) is 22.7. The first-order chi connectivity index (χ1) is 11.3. The van der Waals surface area contributed by atoms with Gasteiger partial charge in [0.05, 0.1) is 12.6 Å². The van der Waals surface area contributed by atoms with Crippen LogP contribution in [-0.2, 0) is 19.4 Å². The molecule has 133 valence electrons. The van der Waals surface area contributed by atoms with E-state index in [9.17, 15) is 18.0 Å². The summed E-state index contributed by atoms with van der Waals surface area (Å²) < 4.78 is 44.5. The third-order valence-corrected chi connectivity index (χ3v) is 4.03. The third kappa shape index (κ3) is 4.12. The van der Waals surface area contributed by atoms with Crippen LogP contribution < -0.4 is 0 Å². The number of amides is 2. The van der Waals surface area contributed by atoms with E-state index < -0.39 is 34.5 Å². The maximum Gasteiger partial charge on any atom is 0.418 e. The van der Waals surface area contributed by atoms with Gasteiger partial charge in [0, 0.05) is 36.1 Å². The van der Waals surface area contributed by atoms with Gasteiger partial charge < -0.3 is 14.2 Å². The molecular formula is C11H14N4NaO8S. The van der Waals surface area contributed by atoms with Crippen molar-refractivity contribution in [2.45, 2.75) is 31.8 Å². The Hall–Kier alpha value is -1.25.